The normalized spacial score (nSPS) is 12.2. The molecule has 1 N–H and O–H groups in total. The van der Waals surface area contributed by atoms with Crippen LogP contribution in [0.5, 0.6) is 5.75 Å². The minimum Gasteiger partial charge on any atom is -0.491 e. The Morgan fingerprint density at radius 1 is 0.750 bits per heavy atom. The van der Waals surface area contributed by atoms with Crippen molar-refractivity contribution in [2.45, 2.75) is 31.9 Å². The van der Waals surface area contributed by atoms with Crippen molar-refractivity contribution >= 4 is 0 Å². The van der Waals surface area contributed by atoms with Gasteiger partial charge >= 0.3 is 0 Å². The number of aryl methyl sites for hydroxylation is 1. The average Bonchev–Trinajstić information content (AvgIpc) is 3.53. The highest BCUT2D eigenvalue weighted by Crippen LogP contribution is 2.44. The van der Waals surface area contributed by atoms with Crippen molar-refractivity contribution in [1.82, 2.24) is 9.55 Å². The van der Waals surface area contributed by atoms with Crippen LogP contribution in [0.4, 0.5) is 4.39 Å². The lowest BCUT2D eigenvalue weighted by molar-refractivity contribution is 0.193. The summed E-state index contributed by atoms with van der Waals surface area (Å²) in [5.74, 6) is -0.144. The first-order valence-electron chi connectivity index (χ1n) is 15.0. The summed E-state index contributed by atoms with van der Waals surface area (Å²) in [6, 6.07) is 43.9. The van der Waals surface area contributed by atoms with Crippen LogP contribution in [0.15, 0.2) is 140 Å². The van der Waals surface area contributed by atoms with Crippen LogP contribution in [0, 0.1) is 5.82 Å². The third kappa shape index (κ3) is 5.20. The molecule has 0 aliphatic carbocycles. The monoisotopic (exact) mass is 582 g/mol. The summed E-state index contributed by atoms with van der Waals surface area (Å²) in [6.07, 6.45) is 1.24. The van der Waals surface area contributed by atoms with E-state index in [1.54, 1.807) is 12.1 Å². The number of aliphatic hydroxyl groups is 1. The molecule has 5 aromatic carbocycles. The van der Waals surface area contributed by atoms with Gasteiger partial charge in [-0.05, 0) is 47.7 Å². The number of halogens is 1. The van der Waals surface area contributed by atoms with Crippen LogP contribution in [0.2, 0.25) is 0 Å². The molecule has 0 bridgehead atoms. The molecule has 0 radical (unpaired) electrons. The van der Waals surface area contributed by atoms with E-state index in [1.165, 1.54) is 0 Å². The smallest absolute Gasteiger partial charge is 0.171 e. The number of benzene rings is 5. The molecule has 0 aliphatic rings. The van der Waals surface area contributed by atoms with E-state index in [-0.39, 0.29) is 11.3 Å². The Hall–Kier alpha value is -5.00. The van der Waals surface area contributed by atoms with Gasteiger partial charge in [-0.15, -0.1) is 0 Å². The number of nitrogens with zero attached hydrogens (tertiary/aromatic N) is 2. The van der Waals surface area contributed by atoms with Crippen LogP contribution in [-0.4, -0.2) is 21.3 Å². The van der Waals surface area contributed by atoms with Gasteiger partial charge in [0.1, 0.15) is 17.5 Å². The molecule has 4 nitrogen and oxygen atoms in total. The van der Waals surface area contributed by atoms with Crippen molar-refractivity contribution in [2.24, 2.45) is 0 Å². The van der Waals surface area contributed by atoms with E-state index >= 15 is 4.39 Å². The Balaban J connectivity index is 1.72. The first kappa shape index (κ1) is 29.1. The standard InChI is InChI=1S/C39H35FN2O2/c1-3-28-25-33(36(40)35(26-28)44-4-2)37(43)38-41-34(29-17-9-5-10-18-29)27-42(38)39(30-19-11-6-12-20-30,31-21-13-7-14-22-31)32-23-15-8-16-24-32/h5-27,37,43H,3-4H2,1-2H3. The maximum Gasteiger partial charge on any atom is 0.171 e. The number of hydrogen-bond donors (Lipinski definition) is 1. The SMILES string of the molecule is CCOc1cc(CC)cc(C(O)c2nc(-c3ccccc3)cn2C(c2ccccc2)(c2ccccc2)c2ccccc2)c1F. The molecule has 0 amide bonds. The van der Waals surface area contributed by atoms with Crippen molar-refractivity contribution < 1.29 is 14.2 Å². The summed E-state index contributed by atoms with van der Waals surface area (Å²) in [5, 5.41) is 12.3. The van der Waals surface area contributed by atoms with Crippen LogP contribution in [0.3, 0.4) is 0 Å². The van der Waals surface area contributed by atoms with Gasteiger partial charge in [0.05, 0.1) is 12.3 Å². The van der Waals surface area contributed by atoms with Gasteiger partial charge in [0, 0.05) is 17.3 Å². The first-order valence-corrected chi connectivity index (χ1v) is 15.0. The van der Waals surface area contributed by atoms with E-state index in [9.17, 15) is 5.11 Å². The van der Waals surface area contributed by atoms with Crippen LogP contribution < -0.4 is 4.74 Å². The predicted octanol–water partition coefficient (Wildman–Crippen LogP) is 8.57. The van der Waals surface area contributed by atoms with E-state index < -0.39 is 17.5 Å². The Labute approximate surface area is 258 Å². The van der Waals surface area contributed by atoms with Gasteiger partial charge in [-0.2, -0.15) is 0 Å². The molecular formula is C39H35FN2O2. The number of ether oxygens (including phenoxy) is 1. The lowest BCUT2D eigenvalue weighted by Gasteiger charge is -2.39. The van der Waals surface area contributed by atoms with E-state index in [1.807, 2.05) is 110 Å². The predicted molar refractivity (Wildman–Crippen MR) is 173 cm³/mol. The quantitative estimate of drug-likeness (QED) is 0.165. The van der Waals surface area contributed by atoms with Crippen LogP contribution in [-0.2, 0) is 12.0 Å². The second-order valence-corrected chi connectivity index (χ2v) is 10.7. The summed E-state index contributed by atoms with van der Waals surface area (Å²) in [7, 11) is 0. The molecule has 0 fully saturated rings. The molecule has 44 heavy (non-hydrogen) atoms. The third-order valence-corrected chi connectivity index (χ3v) is 8.11. The van der Waals surface area contributed by atoms with Crippen LogP contribution in [0.1, 0.15) is 53.6 Å². The Kier molecular flexibility index (Phi) is 8.40. The number of hydrogen-bond acceptors (Lipinski definition) is 3. The lowest BCUT2D eigenvalue weighted by atomic mass is 9.76. The van der Waals surface area contributed by atoms with Crippen LogP contribution in [0.25, 0.3) is 11.3 Å². The largest absolute Gasteiger partial charge is 0.491 e. The zero-order chi connectivity index (χ0) is 30.5. The molecule has 1 aromatic heterocycles. The minimum atomic E-state index is -1.39. The highest BCUT2D eigenvalue weighted by Gasteiger charge is 2.42. The number of imidazole rings is 1. The summed E-state index contributed by atoms with van der Waals surface area (Å²) in [4.78, 5) is 5.08. The van der Waals surface area contributed by atoms with Crippen molar-refractivity contribution in [3.63, 3.8) is 0 Å². The van der Waals surface area contributed by atoms with Crippen molar-refractivity contribution in [1.29, 1.82) is 0 Å². The summed E-state index contributed by atoms with van der Waals surface area (Å²) < 4.78 is 23.8. The number of rotatable bonds is 10. The highest BCUT2D eigenvalue weighted by molar-refractivity contribution is 5.61. The maximum absolute atomic E-state index is 16.1. The van der Waals surface area contributed by atoms with E-state index in [0.29, 0.717) is 24.5 Å². The summed E-state index contributed by atoms with van der Waals surface area (Å²) >= 11 is 0. The fourth-order valence-electron chi connectivity index (χ4n) is 6.04. The third-order valence-electron chi connectivity index (χ3n) is 8.11. The van der Waals surface area contributed by atoms with Crippen molar-refractivity contribution in [3.8, 4) is 17.0 Å². The highest BCUT2D eigenvalue weighted by atomic mass is 19.1. The summed E-state index contributed by atoms with van der Waals surface area (Å²) in [5.41, 5.74) is 4.52. The zero-order valence-electron chi connectivity index (χ0n) is 24.9. The lowest BCUT2D eigenvalue weighted by Crippen LogP contribution is -2.39. The second-order valence-electron chi connectivity index (χ2n) is 10.7. The molecule has 1 unspecified atom stereocenters. The van der Waals surface area contributed by atoms with Gasteiger partial charge < -0.3 is 14.4 Å². The van der Waals surface area contributed by atoms with E-state index in [2.05, 4.69) is 36.4 Å². The number of aliphatic hydroxyl groups excluding tert-OH is 1. The Bertz CT molecular complexity index is 1720. The topological polar surface area (TPSA) is 47.3 Å². The molecule has 6 rings (SSSR count). The maximum atomic E-state index is 16.1. The molecule has 0 saturated carbocycles. The van der Waals surface area contributed by atoms with Gasteiger partial charge in [0.25, 0.3) is 0 Å². The molecule has 0 saturated heterocycles. The van der Waals surface area contributed by atoms with Gasteiger partial charge in [0.2, 0.25) is 0 Å². The molecule has 5 heteroatoms. The fourth-order valence-corrected chi connectivity index (χ4v) is 6.04. The van der Waals surface area contributed by atoms with E-state index in [0.717, 1.165) is 27.8 Å². The fraction of sp³-hybridized carbons (Fsp3) is 0.154. The zero-order valence-corrected chi connectivity index (χ0v) is 24.9. The molecule has 220 valence electrons. The molecular weight excluding hydrogens is 547 g/mol. The van der Waals surface area contributed by atoms with Crippen LogP contribution >= 0.6 is 0 Å². The van der Waals surface area contributed by atoms with Gasteiger partial charge in [-0.3, -0.25) is 0 Å². The Morgan fingerprint density at radius 3 is 1.73 bits per heavy atom. The van der Waals surface area contributed by atoms with Gasteiger partial charge in [-0.25, -0.2) is 9.37 Å². The summed E-state index contributed by atoms with van der Waals surface area (Å²) in [6.45, 7) is 4.13. The molecule has 0 aliphatic heterocycles. The average molecular weight is 583 g/mol. The van der Waals surface area contributed by atoms with Crippen molar-refractivity contribution in [3.05, 3.63) is 179 Å². The molecule has 6 aromatic rings. The molecule has 1 atom stereocenters. The minimum absolute atomic E-state index is 0.127. The van der Waals surface area contributed by atoms with E-state index in [4.69, 9.17) is 9.72 Å². The number of aromatic nitrogens is 2. The molecule has 0 spiro atoms. The Morgan fingerprint density at radius 2 is 1.25 bits per heavy atom. The molecule has 1 heterocycles. The second kappa shape index (κ2) is 12.7. The first-order chi connectivity index (χ1) is 21.6. The van der Waals surface area contributed by atoms with Gasteiger partial charge in [0.15, 0.2) is 11.6 Å². The van der Waals surface area contributed by atoms with Crippen molar-refractivity contribution in [2.75, 3.05) is 6.61 Å². The van der Waals surface area contributed by atoms with Gasteiger partial charge in [-0.1, -0.05) is 128 Å².